The summed E-state index contributed by atoms with van der Waals surface area (Å²) in [6, 6.07) is 10.1. The lowest BCUT2D eigenvalue weighted by Crippen LogP contribution is -2.35. The van der Waals surface area contributed by atoms with Crippen molar-refractivity contribution in [3.63, 3.8) is 0 Å². The van der Waals surface area contributed by atoms with Crippen molar-refractivity contribution >= 4 is 11.0 Å². The Morgan fingerprint density at radius 1 is 0.651 bits per heavy atom. The van der Waals surface area contributed by atoms with Crippen LogP contribution in [0, 0.1) is 0 Å². The van der Waals surface area contributed by atoms with Crippen LogP contribution in [0.2, 0.25) is 0 Å². The van der Waals surface area contributed by atoms with Gasteiger partial charge in [-0.15, -0.1) is 0 Å². The molecule has 6 rings (SSSR count). The summed E-state index contributed by atoms with van der Waals surface area (Å²) < 4.78 is 11.6. The average molecular weight is 590 g/mol. The van der Waals surface area contributed by atoms with E-state index in [-0.39, 0.29) is 39.3 Å². The molecular weight excluding hydrogens is 568 g/mol. The zero-order valence-electron chi connectivity index (χ0n) is 21.6. The van der Waals surface area contributed by atoms with Gasteiger partial charge in [0.25, 0.3) is 0 Å². The third-order valence-corrected chi connectivity index (χ3v) is 7.35. The number of hydrogen-bond acceptors (Lipinski definition) is 13. The van der Waals surface area contributed by atoms with Crippen molar-refractivity contribution in [2.75, 3.05) is 0 Å². The van der Waals surface area contributed by atoms with Crippen molar-refractivity contribution in [1.29, 1.82) is 0 Å². The molecular formula is C30H22O13. The van der Waals surface area contributed by atoms with E-state index < -0.39 is 80.7 Å². The zero-order chi connectivity index (χ0) is 30.9. The molecule has 220 valence electrons. The minimum atomic E-state index is -1.67. The highest BCUT2D eigenvalue weighted by molar-refractivity contribution is 5.89. The molecule has 3 unspecified atom stereocenters. The third kappa shape index (κ3) is 4.18. The normalized spacial score (nSPS) is 17.8. The van der Waals surface area contributed by atoms with Crippen molar-refractivity contribution in [3.05, 3.63) is 81.5 Å². The summed E-state index contributed by atoms with van der Waals surface area (Å²) in [5, 5.41) is 105. The van der Waals surface area contributed by atoms with Crippen LogP contribution in [0.5, 0.6) is 57.5 Å². The largest absolute Gasteiger partial charge is 0.508 e. The summed E-state index contributed by atoms with van der Waals surface area (Å²) >= 11 is 0. The smallest absolute Gasteiger partial charge is 0.238 e. The zero-order valence-corrected chi connectivity index (χ0v) is 21.6. The summed E-state index contributed by atoms with van der Waals surface area (Å²) in [5.74, 6) is -8.46. The Morgan fingerprint density at radius 2 is 1.40 bits per heavy atom. The molecule has 0 amide bonds. The summed E-state index contributed by atoms with van der Waals surface area (Å²) in [4.78, 5) is 13.1. The Balaban J connectivity index is 1.67. The van der Waals surface area contributed by atoms with E-state index in [9.17, 15) is 55.9 Å². The molecule has 0 bridgehead atoms. The van der Waals surface area contributed by atoms with Crippen LogP contribution in [-0.4, -0.2) is 57.2 Å². The number of aliphatic hydroxyl groups is 1. The number of aromatic hydroxyl groups is 9. The number of benzene rings is 4. The minimum absolute atomic E-state index is 0.00943. The number of phenolic OH excluding ortho intramolecular Hbond substituents is 8. The van der Waals surface area contributed by atoms with Crippen molar-refractivity contribution in [2.45, 2.75) is 18.1 Å². The quantitative estimate of drug-likeness (QED) is 0.136. The van der Waals surface area contributed by atoms with Gasteiger partial charge in [0.05, 0.1) is 0 Å². The number of hydrogen-bond donors (Lipinski definition) is 10. The van der Waals surface area contributed by atoms with Crippen molar-refractivity contribution in [3.8, 4) is 68.8 Å². The second-order valence-corrected chi connectivity index (χ2v) is 9.98. The van der Waals surface area contributed by atoms with Crippen LogP contribution in [0.4, 0.5) is 0 Å². The van der Waals surface area contributed by atoms with Crippen molar-refractivity contribution in [2.24, 2.45) is 0 Å². The van der Waals surface area contributed by atoms with Crippen LogP contribution in [0.25, 0.3) is 22.3 Å². The van der Waals surface area contributed by atoms with Crippen molar-refractivity contribution < 1.29 is 60.2 Å². The first-order valence-corrected chi connectivity index (χ1v) is 12.6. The third-order valence-electron chi connectivity index (χ3n) is 7.35. The van der Waals surface area contributed by atoms with E-state index in [1.165, 1.54) is 24.3 Å². The highest BCUT2D eigenvalue weighted by atomic mass is 16.5. The van der Waals surface area contributed by atoms with Gasteiger partial charge in [-0.2, -0.15) is 0 Å². The molecule has 1 aliphatic heterocycles. The lowest BCUT2D eigenvalue weighted by atomic mass is 9.77. The lowest BCUT2D eigenvalue weighted by molar-refractivity contribution is 0.00781. The first kappa shape index (κ1) is 27.2. The molecule has 0 saturated carbocycles. The monoisotopic (exact) mass is 590 g/mol. The van der Waals surface area contributed by atoms with Gasteiger partial charge in [-0.3, -0.25) is 4.79 Å². The Bertz CT molecular complexity index is 2010. The highest BCUT2D eigenvalue weighted by Crippen LogP contribution is 2.55. The number of fused-ring (bicyclic) bond motifs is 2. The maximum absolute atomic E-state index is 13.1. The molecule has 0 spiro atoms. The SMILES string of the molecule is O=c1c(O)c(-c2cc(O)c(O)c(O)c2C2c3ccc(O)cc3OC(c3ccc(O)c(O)c3)C2O)oc2cc(O)cc(O)c12. The van der Waals surface area contributed by atoms with E-state index in [2.05, 4.69) is 0 Å². The molecule has 1 aliphatic rings. The predicted molar refractivity (Wildman–Crippen MR) is 147 cm³/mol. The minimum Gasteiger partial charge on any atom is -0.508 e. The molecule has 3 atom stereocenters. The molecule has 43 heavy (non-hydrogen) atoms. The first-order valence-electron chi connectivity index (χ1n) is 12.6. The first-order chi connectivity index (χ1) is 20.4. The summed E-state index contributed by atoms with van der Waals surface area (Å²) in [6.45, 7) is 0. The van der Waals surface area contributed by atoms with Gasteiger partial charge in [-0.05, 0) is 29.8 Å². The Morgan fingerprint density at radius 3 is 2.12 bits per heavy atom. The van der Waals surface area contributed by atoms with E-state index in [4.69, 9.17) is 9.15 Å². The average Bonchev–Trinajstić information content (AvgIpc) is 2.95. The maximum atomic E-state index is 13.1. The standard InChI is InChI=1S/C30H22O13/c31-11-2-3-13-19(7-11)42-29(10-1-4-15(33)16(34)5-10)27(40)21(13)22-14(9-18(36)24(37)25(22)38)30-28(41)26(39)23-17(35)6-12(32)8-20(23)43-30/h1-9,21,27,29,31-38,40-41H. The van der Waals surface area contributed by atoms with Gasteiger partial charge in [0.1, 0.15) is 40.1 Å². The molecule has 0 saturated heterocycles. The molecule has 1 aromatic heterocycles. The molecule has 0 fully saturated rings. The molecule has 4 aromatic carbocycles. The van der Waals surface area contributed by atoms with Gasteiger partial charge in [-0.25, -0.2) is 0 Å². The summed E-state index contributed by atoms with van der Waals surface area (Å²) in [6.07, 6.45) is -3.00. The predicted octanol–water partition coefficient (Wildman–Crippen LogP) is 3.44. The van der Waals surface area contributed by atoms with Crippen LogP contribution < -0.4 is 10.2 Å². The number of aliphatic hydroxyl groups excluding tert-OH is 1. The van der Waals surface area contributed by atoms with E-state index in [1.54, 1.807) is 0 Å². The van der Waals surface area contributed by atoms with Gasteiger partial charge in [0.15, 0.2) is 34.9 Å². The van der Waals surface area contributed by atoms with Crippen molar-refractivity contribution in [1.82, 2.24) is 0 Å². The van der Waals surface area contributed by atoms with Gasteiger partial charge in [-0.1, -0.05) is 12.1 Å². The summed E-state index contributed by atoms with van der Waals surface area (Å²) in [7, 11) is 0. The Hall–Kier alpha value is -5.95. The van der Waals surface area contributed by atoms with E-state index >= 15 is 0 Å². The van der Waals surface area contributed by atoms with E-state index in [0.29, 0.717) is 0 Å². The molecule has 0 radical (unpaired) electrons. The second-order valence-electron chi connectivity index (χ2n) is 9.98. The Kier molecular flexibility index (Phi) is 6.06. The van der Waals surface area contributed by atoms with Crippen LogP contribution in [-0.2, 0) is 0 Å². The second kappa shape index (κ2) is 9.56. The van der Waals surface area contributed by atoms with Crippen LogP contribution >= 0.6 is 0 Å². The fourth-order valence-electron chi connectivity index (χ4n) is 5.38. The van der Waals surface area contributed by atoms with Gasteiger partial charge in [0.2, 0.25) is 16.9 Å². The number of rotatable bonds is 3. The van der Waals surface area contributed by atoms with Crippen LogP contribution in [0.3, 0.4) is 0 Å². The van der Waals surface area contributed by atoms with Crippen LogP contribution in [0.1, 0.15) is 28.7 Å². The molecule has 2 heterocycles. The summed E-state index contributed by atoms with van der Waals surface area (Å²) in [5.41, 5.74) is -1.98. The molecule has 10 N–H and O–H groups in total. The van der Waals surface area contributed by atoms with Gasteiger partial charge < -0.3 is 60.2 Å². The van der Waals surface area contributed by atoms with Crippen LogP contribution in [0.15, 0.2) is 63.8 Å². The topological polar surface area (TPSA) is 242 Å². The van der Waals surface area contributed by atoms with E-state index in [1.807, 2.05) is 0 Å². The fourth-order valence-corrected chi connectivity index (χ4v) is 5.38. The maximum Gasteiger partial charge on any atom is 0.238 e. The highest BCUT2D eigenvalue weighted by Gasteiger charge is 2.43. The number of ether oxygens (including phenoxy) is 1. The van der Waals surface area contributed by atoms with Gasteiger partial charge in [0, 0.05) is 40.8 Å². The fraction of sp³-hybridized carbons (Fsp3) is 0.100. The molecule has 13 heteroatoms. The lowest BCUT2D eigenvalue weighted by Gasteiger charge is -2.38. The Labute approximate surface area is 239 Å². The molecule has 0 aliphatic carbocycles. The van der Waals surface area contributed by atoms with E-state index in [0.717, 1.165) is 30.3 Å². The molecule has 13 nitrogen and oxygen atoms in total. The number of phenols is 8. The van der Waals surface area contributed by atoms with Gasteiger partial charge >= 0.3 is 0 Å². The molecule has 5 aromatic rings.